The maximum absolute atomic E-state index is 12.8. The summed E-state index contributed by atoms with van der Waals surface area (Å²) < 4.78 is 10.7. The van der Waals surface area contributed by atoms with Crippen LogP contribution in [-0.2, 0) is 25.5 Å². The van der Waals surface area contributed by atoms with Crippen LogP contribution in [-0.4, -0.2) is 54.8 Å². The molecule has 2 aromatic rings. The van der Waals surface area contributed by atoms with Crippen LogP contribution in [0, 0.1) is 28.6 Å². The molecule has 2 amide bonds. The largest absolute Gasteiger partial charge is 0.462 e. The fraction of sp³-hybridized carbons (Fsp3) is 0.467. The monoisotopic (exact) mass is 594 g/mol. The van der Waals surface area contributed by atoms with Gasteiger partial charge >= 0.3 is 12.1 Å². The van der Waals surface area contributed by atoms with E-state index in [4.69, 9.17) is 15.2 Å². The first-order valence-electron chi connectivity index (χ1n) is 13.5. The van der Waals surface area contributed by atoms with Crippen LogP contribution in [0.4, 0.5) is 10.6 Å². The summed E-state index contributed by atoms with van der Waals surface area (Å²) in [5.74, 6) is -1.21. The van der Waals surface area contributed by atoms with Gasteiger partial charge in [-0.3, -0.25) is 4.79 Å². The lowest BCUT2D eigenvalue weighted by Crippen LogP contribution is -2.47. The first-order chi connectivity index (χ1) is 19.7. The molecule has 0 saturated heterocycles. The van der Waals surface area contributed by atoms with E-state index in [0.717, 1.165) is 11.8 Å². The number of rotatable bonds is 12. The van der Waals surface area contributed by atoms with Gasteiger partial charge in [-0.05, 0) is 44.2 Å². The lowest BCUT2D eigenvalue weighted by Gasteiger charge is -2.26. The number of amides is 2. The number of nitrogens with one attached hydrogen (secondary N) is 1. The van der Waals surface area contributed by atoms with E-state index in [1.165, 1.54) is 0 Å². The van der Waals surface area contributed by atoms with Gasteiger partial charge in [-0.2, -0.15) is 10.5 Å². The van der Waals surface area contributed by atoms with Crippen LogP contribution >= 0.6 is 11.8 Å². The molecule has 2 rings (SSSR count). The lowest BCUT2D eigenvalue weighted by molar-refractivity contribution is -0.147. The lowest BCUT2D eigenvalue weighted by atomic mass is 10.0. The number of carbonyl (C=O) groups is 3. The summed E-state index contributed by atoms with van der Waals surface area (Å²) in [7, 11) is 1.68. The zero-order valence-corrected chi connectivity index (χ0v) is 25.9. The van der Waals surface area contributed by atoms with Crippen LogP contribution in [0.15, 0.2) is 35.4 Å². The number of carbonyl (C=O) groups excluding carboxylic acids is 3. The molecule has 0 radical (unpaired) electrons. The molecule has 1 heterocycles. The Balaban J connectivity index is 2.31. The molecule has 224 valence electrons. The van der Waals surface area contributed by atoms with Crippen molar-refractivity contribution in [2.75, 3.05) is 25.1 Å². The molecule has 12 heteroatoms. The molecule has 1 unspecified atom stereocenters. The zero-order chi connectivity index (χ0) is 31.6. The number of pyridine rings is 1. The number of anilines is 1. The average Bonchev–Trinajstić information content (AvgIpc) is 2.92. The molecule has 0 aliphatic heterocycles. The van der Waals surface area contributed by atoms with Gasteiger partial charge in [0, 0.05) is 7.05 Å². The second-order valence-electron chi connectivity index (χ2n) is 10.8. The van der Waals surface area contributed by atoms with E-state index < -0.39 is 34.9 Å². The van der Waals surface area contributed by atoms with Crippen LogP contribution in [0.3, 0.4) is 0 Å². The minimum atomic E-state index is -0.925. The predicted molar refractivity (Wildman–Crippen MR) is 160 cm³/mol. The van der Waals surface area contributed by atoms with Crippen molar-refractivity contribution in [1.82, 2.24) is 10.3 Å². The fourth-order valence-electron chi connectivity index (χ4n) is 3.99. The van der Waals surface area contributed by atoms with Gasteiger partial charge in [-0.1, -0.05) is 62.9 Å². The smallest absolute Gasteiger partial charge is 0.408 e. The van der Waals surface area contributed by atoms with E-state index in [9.17, 15) is 24.9 Å². The SMILES string of the molecule is CCc1c(C#N)c(SC(C(N)=O)c2ccccc2)nc(N(C)CCOC(=O)[C@@H](NC(=O)OC(C)(C)C)C(C)C)c1C#N. The van der Waals surface area contributed by atoms with Crippen molar-refractivity contribution in [1.29, 1.82) is 10.5 Å². The number of aromatic nitrogens is 1. The summed E-state index contributed by atoms with van der Waals surface area (Å²) in [4.78, 5) is 43.7. The third kappa shape index (κ3) is 9.11. The Kier molecular flexibility index (Phi) is 12.2. The van der Waals surface area contributed by atoms with Crippen LogP contribution in [0.2, 0.25) is 0 Å². The van der Waals surface area contributed by atoms with Crippen molar-refractivity contribution >= 4 is 35.5 Å². The number of nitrogens with two attached hydrogens (primary N) is 1. The first-order valence-corrected chi connectivity index (χ1v) is 14.4. The highest BCUT2D eigenvalue weighted by molar-refractivity contribution is 8.00. The summed E-state index contributed by atoms with van der Waals surface area (Å²) in [5.41, 5.74) is 6.57. The van der Waals surface area contributed by atoms with Gasteiger partial charge in [-0.15, -0.1) is 0 Å². The molecule has 1 aromatic heterocycles. The second kappa shape index (κ2) is 15.1. The van der Waals surface area contributed by atoms with E-state index in [-0.39, 0.29) is 41.0 Å². The highest BCUT2D eigenvalue weighted by atomic mass is 32.2. The Hall–Kier alpha value is -4.29. The number of likely N-dealkylation sites (N-methyl/N-ethyl adjacent to an activating group) is 1. The number of hydrogen-bond donors (Lipinski definition) is 2. The average molecular weight is 595 g/mol. The van der Waals surface area contributed by atoms with Gasteiger partial charge in [-0.25, -0.2) is 14.6 Å². The number of alkyl carbamates (subject to hydrolysis) is 1. The second-order valence-corrected chi connectivity index (χ2v) is 11.9. The minimum Gasteiger partial charge on any atom is -0.462 e. The number of esters is 1. The minimum absolute atomic E-state index is 0.0705. The van der Waals surface area contributed by atoms with Crippen LogP contribution < -0.4 is 16.0 Å². The number of ether oxygens (including phenoxy) is 2. The summed E-state index contributed by atoms with van der Waals surface area (Å²) in [6.07, 6.45) is -0.353. The molecule has 0 aliphatic carbocycles. The maximum Gasteiger partial charge on any atom is 0.408 e. The van der Waals surface area contributed by atoms with Crippen molar-refractivity contribution < 1.29 is 23.9 Å². The van der Waals surface area contributed by atoms with E-state index in [2.05, 4.69) is 22.4 Å². The third-order valence-corrected chi connectivity index (χ3v) is 7.30. The van der Waals surface area contributed by atoms with Crippen molar-refractivity contribution in [3.8, 4) is 12.1 Å². The maximum atomic E-state index is 12.8. The van der Waals surface area contributed by atoms with Gasteiger partial charge in [0.15, 0.2) is 0 Å². The fourth-order valence-corrected chi connectivity index (χ4v) is 5.04. The molecule has 11 nitrogen and oxygen atoms in total. The summed E-state index contributed by atoms with van der Waals surface area (Å²) in [5, 5.41) is 22.0. The number of hydrogen-bond acceptors (Lipinski definition) is 10. The Morgan fingerprint density at radius 2 is 1.74 bits per heavy atom. The standard InChI is InChI=1S/C30H38N6O5S/c1-8-20-21(16-31)26(35-27(22(20)17-32)42-24(25(33)37)19-12-10-9-11-13-19)36(7)14-15-40-28(38)23(18(2)3)34-29(39)41-30(4,5)6/h9-13,18,23-24H,8,14-15H2,1-7H3,(H2,33,37)(H,34,39)/t23-,24?/m0/s1. The summed E-state index contributed by atoms with van der Waals surface area (Å²) in [6, 6.07) is 12.3. The molecule has 2 atom stereocenters. The van der Waals surface area contributed by atoms with Crippen molar-refractivity contribution in [2.24, 2.45) is 11.7 Å². The Bertz CT molecular complexity index is 1360. The van der Waals surface area contributed by atoms with Gasteiger partial charge < -0.3 is 25.4 Å². The number of nitriles is 2. The van der Waals surface area contributed by atoms with Crippen molar-refractivity contribution in [2.45, 2.75) is 69.9 Å². The highest BCUT2D eigenvalue weighted by Crippen LogP contribution is 2.39. The van der Waals surface area contributed by atoms with Crippen LogP contribution in [0.1, 0.15) is 69.0 Å². The highest BCUT2D eigenvalue weighted by Gasteiger charge is 2.29. The topological polar surface area (TPSA) is 171 Å². The molecule has 0 spiro atoms. The summed E-state index contributed by atoms with van der Waals surface area (Å²) in [6.45, 7) is 10.6. The predicted octanol–water partition coefficient (Wildman–Crippen LogP) is 4.23. The van der Waals surface area contributed by atoms with Gasteiger partial charge in [0.1, 0.15) is 46.5 Å². The molecule has 0 saturated carbocycles. The summed E-state index contributed by atoms with van der Waals surface area (Å²) >= 11 is 1.05. The van der Waals surface area contributed by atoms with Crippen molar-refractivity contribution in [3.05, 3.63) is 52.6 Å². The first kappa shape index (κ1) is 33.9. The molecule has 0 aliphatic rings. The van der Waals surface area contributed by atoms with E-state index >= 15 is 0 Å². The Labute approximate surface area is 251 Å². The molecule has 0 bridgehead atoms. The van der Waals surface area contributed by atoms with Gasteiger partial charge in [0.05, 0.1) is 17.7 Å². The molecule has 42 heavy (non-hydrogen) atoms. The number of benzene rings is 1. The van der Waals surface area contributed by atoms with Gasteiger partial charge in [0.2, 0.25) is 5.91 Å². The third-order valence-electron chi connectivity index (χ3n) is 6.04. The molecule has 3 N–H and O–H groups in total. The van der Waals surface area contributed by atoms with Crippen LogP contribution in [0.25, 0.3) is 0 Å². The van der Waals surface area contributed by atoms with Crippen molar-refractivity contribution in [3.63, 3.8) is 0 Å². The Morgan fingerprint density at radius 1 is 1.12 bits per heavy atom. The molecule has 0 fully saturated rings. The molecule has 1 aromatic carbocycles. The molecular formula is C30H38N6O5S. The van der Waals surface area contributed by atoms with E-state index in [0.29, 0.717) is 17.5 Å². The number of primary amides is 1. The van der Waals surface area contributed by atoms with E-state index in [1.54, 1.807) is 70.8 Å². The zero-order valence-electron chi connectivity index (χ0n) is 25.1. The Morgan fingerprint density at radius 3 is 2.24 bits per heavy atom. The number of thioether (sulfide) groups is 1. The van der Waals surface area contributed by atoms with Gasteiger partial charge in [0.25, 0.3) is 0 Å². The van der Waals surface area contributed by atoms with Crippen LogP contribution in [0.5, 0.6) is 0 Å². The molecular weight excluding hydrogens is 556 g/mol. The number of nitrogens with zero attached hydrogens (tertiary/aromatic N) is 4. The normalized spacial score (nSPS) is 12.4. The quantitative estimate of drug-likeness (QED) is 0.267. The van der Waals surface area contributed by atoms with E-state index in [1.807, 2.05) is 13.0 Å².